The fourth-order valence-electron chi connectivity index (χ4n) is 4.80. The number of carbonyl (C=O) groups is 3. The van der Waals surface area contributed by atoms with Gasteiger partial charge in [-0.25, -0.2) is 4.79 Å². The van der Waals surface area contributed by atoms with Crippen LogP contribution < -0.4 is 10.7 Å². The first-order valence-corrected chi connectivity index (χ1v) is 9.08. The van der Waals surface area contributed by atoms with E-state index in [1.165, 1.54) is 6.42 Å². The second kappa shape index (κ2) is 5.86. The van der Waals surface area contributed by atoms with Crippen LogP contribution in [0.1, 0.15) is 44.6 Å². The summed E-state index contributed by atoms with van der Waals surface area (Å²) in [6.45, 7) is 1.85. The fraction of sp³-hybridized carbons (Fsp3) is 0.526. The van der Waals surface area contributed by atoms with E-state index < -0.39 is 17.5 Å². The van der Waals surface area contributed by atoms with Gasteiger partial charge in [-0.15, -0.1) is 0 Å². The highest BCUT2D eigenvalue weighted by molar-refractivity contribution is 6.08. The summed E-state index contributed by atoms with van der Waals surface area (Å²) in [5.74, 6) is 0.338. The molecule has 3 aliphatic rings. The highest BCUT2D eigenvalue weighted by Crippen LogP contribution is 2.48. The van der Waals surface area contributed by atoms with Crippen molar-refractivity contribution in [3.05, 3.63) is 35.9 Å². The van der Waals surface area contributed by atoms with Crippen LogP contribution in [0.4, 0.5) is 4.79 Å². The Balaban J connectivity index is 1.54. The van der Waals surface area contributed by atoms with Crippen LogP contribution in [0.2, 0.25) is 0 Å². The maximum absolute atomic E-state index is 13.0. The van der Waals surface area contributed by atoms with Crippen molar-refractivity contribution in [2.75, 3.05) is 0 Å². The number of nitrogens with zero attached hydrogens (tertiary/aromatic N) is 1. The molecule has 6 heteroatoms. The lowest BCUT2D eigenvalue weighted by Crippen LogP contribution is -2.50. The molecule has 4 atom stereocenters. The predicted octanol–water partition coefficient (Wildman–Crippen LogP) is 2.31. The van der Waals surface area contributed by atoms with Crippen LogP contribution in [0.15, 0.2) is 30.3 Å². The second-order valence-electron chi connectivity index (χ2n) is 7.45. The Morgan fingerprint density at radius 2 is 2.00 bits per heavy atom. The highest BCUT2D eigenvalue weighted by atomic mass is 16.2. The number of benzene rings is 1. The number of fused-ring (bicyclic) bond motifs is 2. The normalized spacial score (nSPS) is 33.6. The molecule has 1 aliphatic heterocycles. The van der Waals surface area contributed by atoms with Crippen molar-refractivity contribution < 1.29 is 14.4 Å². The molecular weight excluding hydrogens is 318 g/mol. The van der Waals surface area contributed by atoms with Gasteiger partial charge < -0.3 is 5.32 Å². The van der Waals surface area contributed by atoms with Crippen molar-refractivity contribution in [2.24, 2.45) is 17.8 Å². The van der Waals surface area contributed by atoms with Gasteiger partial charge in [0.2, 0.25) is 5.91 Å². The van der Waals surface area contributed by atoms with Gasteiger partial charge in [0.15, 0.2) is 0 Å². The monoisotopic (exact) mass is 341 g/mol. The minimum Gasteiger partial charge on any atom is -0.318 e. The first-order chi connectivity index (χ1) is 12.0. The fourth-order valence-corrected chi connectivity index (χ4v) is 4.80. The molecule has 4 amide bonds. The quantitative estimate of drug-likeness (QED) is 0.825. The van der Waals surface area contributed by atoms with E-state index in [1.54, 1.807) is 0 Å². The summed E-state index contributed by atoms with van der Waals surface area (Å²) in [6, 6.07) is 8.62. The summed E-state index contributed by atoms with van der Waals surface area (Å²) in [6.07, 6.45) is 4.66. The summed E-state index contributed by atoms with van der Waals surface area (Å²) in [5, 5.41) is 3.67. The third-order valence-electron chi connectivity index (χ3n) is 6.19. The van der Waals surface area contributed by atoms with Gasteiger partial charge in [-0.1, -0.05) is 43.7 Å². The molecule has 2 bridgehead atoms. The van der Waals surface area contributed by atoms with E-state index in [2.05, 4.69) is 10.7 Å². The minimum absolute atomic E-state index is 0.0762. The number of nitrogens with one attached hydrogen (secondary N) is 2. The van der Waals surface area contributed by atoms with Crippen molar-refractivity contribution in [1.29, 1.82) is 0 Å². The summed E-state index contributed by atoms with van der Waals surface area (Å²) < 4.78 is 0. The predicted molar refractivity (Wildman–Crippen MR) is 90.9 cm³/mol. The van der Waals surface area contributed by atoms with Crippen LogP contribution in [0.25, 0.3) is 0 Å². The summed E-state index contributed by atoms with van der Waals surface area (Å²) in [5.41, 5.74) is 2.22. The molecule has 0 aromatic heterocycles. The lowest BCUT2D eigenvalue weighted by Gasteiger charge is -2.26. The standard InChI is InChI=1S/C19H23N3O3/c1-2-19(14-6-4-3-5-7-14)17(24)22(18(25)20-19)21-16(23)15-11-12-8-9-13(15)10-12/h3-7,12-13,15H,2,8-11H2,1H3,(H,20,25)(H,21,23). The number of hydrogen-bond acceptors (Lipinski definition) is 3. The van der Waals surface area contributed by atoms with Crippen LogP contribution in [0, 0.1) is 17.8 Å². The molecule has 0 spiro atoms. The molecule has 1 aromatic carbocycles. The lowest BCUT2D eigenvalue weighted by molar-refractivity contribution is -0.141. The van der Waals surface area contributed by atoms with E-state index in [0.717, 1.165) is 29.8 Å². The van der Waals surface area contributed by atoms with E-state index in [-0.39, 0.29) is 11.8 Å². The number of rotatable bonds is 4. The maximum Gasteiger partial charge on any atom is 0.344 e. The Bertz CT molecular complexity index is 720. The van der Waals surface area contributed by atoms with Crippen LogP contribution in [-0.4, -0.2) is 22.9 Å². The molecule has 1 aromatic rings. The first-order valence-electron chi connectivity index (χ1n) is 9.08. The number of hydrazine groups is 1. The average molecular weight is 341 g/mol. The van der Waals surface area contributed by atoms with E-state index in [9.17, 15) is 14.4 Å². The maximum atomic E-state index is 13.0. The Hall–Kier alpha value is -2.37. The van der Waals surface area contributed by atoms with Crippen molar-refractivity contribution in [2.45, 2.75) is 44.6 Å². The van der Waals surface area contributed by atoms with Gasteiger partial charge in [-0.2, -0.15) is 5.01 Å². The third-order valence-corrected chi connectivity index (χ3v) is 6.19. The second-order valence-corrected chi connectivity index (χ2v) is 7.45. The Morgan fingerprint density at radius 1 is 1.24 bits per heavy atom. The molecule has 25 heavy (non-hydrogen) atoms. The Kier molecular flexibility index (Phi) is 3.78. The zero-order chi connectivity index (χ0) is 17.6. The van der Waals surface area contributed by atoms with Crippen LogP contribution in [0.5, 0.6) is 0 Å². The van der Waals surface area contributed by atoms with Crippen molar-refractivity contribution >= 4 is 17.8 Å². The Morgan fingerprint density at radius 3 is 2.60 bits per heavy atom. The van der Waals surface area contributed by atoms with Gasteiger partial charge in [0.1, 0.15) is 5.54 Å². The van der Waals surface area contributed by atoms with Gasteiger partial charge in [0, 0.05) is 5.92 Å². The van der Waals surface area contributed by atoms with Gasteiger partial charge in [-0.3, -0.25) is 15.0 Å². The SMILES string of the molecule is CCC1(c2ccccc2)NC(=O)N(NC(=O)C2CC3CCC2C3)C1=O. The molecule has 1 heterocycles. The van der Waals surface area contributed by atoms with E-state index in [1.807, 2.05) is 37.3 Å². The molecular formula is C19H23N3O3. The highest BCUT2D eigenvalue weighted by Gasteiger charge is 2.53. The molecule has 4 rings (SSSR count). The molecule has 2 aliphatic carbocycles. The summed E-state index contributed by atoms with van der Waals surface area (Å²) in [4.78, 5) is 38.1. The van der Waals surface area contributed by atoms with E-state index >= 15 is 0 Å². The van der Waals surface area contributed by atoms with Gasteiger partial charge in [-0.05, 0) is 43.1 Å². The average Bonchev–Trinajstić information content (AvgIpc) is 3.32. The molecule has 6 nitrogen and oxygen atoms in total. The number of urea groups is 1. The zero-order valence-corrected chi connectivity index (χ0v) is 14.3. The van der Waals surface area contributed by atoms with Crippen molar-refractivity contribution in [3.8, 4) is 0 Å². The molecule has 132 valence electrons. The molecule has 1 saturated heterocycles. The number of imide groups is 1. The largest absolute Gasteiger partial charge is 0.344 e. The number of amides is 4. The molecule has 2 saturated carbocycles. The topological polar surface area (TPSA) is 78.5 Å². The number of carbonyl (C=O) groups excluding carboxylic acids is 3. The molecule has 2 N–H and O–H groups in total. The van der Waals surface area contributed by atoms with Crippen LogP contribution in [-0.2, 0) is 15.1 Å². The zero-order valence-electron chi connectivity index (χ0n) is 14.3. The van der Waals surface area contributed by atoms with Crippen LogP contribution in [0.3, 0.4) is 0 Å². The smallest absolute Gasteiger partial charge is 0.318 e. The lowest BCUT2D eigenvalue weighted by atomic mass is 9.87. The molecule has 4 unspecified atom stereocenters. The van der Waals surface area contributed by atoms with Gasteiger partial charge in [0.05, 0.1) is 0 Å². The minimum atomic E-state index is -1.11. The van der Waals surface area contributed by atoms with E-state index in [4.69, 9.17) is 0 Å². The summed E-state index contributed by atoms with van der Waals surface area (Å²) in [7, 11) is 0. The molecule has 0 radical (unpaired) electrons. The third kappa shape index (κ3) is 2.42. The Labute approximate surface area is 146 Å². The molecule has 3 fully saturated rings. The van der Waals surface area contributed by atoms with Crippen molar-refractivity contribution in [3.63, 3.8) is 0 Å². The van der Waals surface area contributed by atoms with E-state index in [0.29, 0.717) is 18.3 Å². The van der Waals surface area contributed by atoms with Crippen molar-refractivity contribution in [1.82, 2.24) is 15.8 Å². The van der Waals surface area contributed by atoms with Gasteiger partial charge >= 0.3 is 6.03 Å². The number of hydrogen-bond donors (Lipinski definition) is 2. The van der Waals surface area contributed by atoms with Crippen LogP contribution >= 0.6 is 0 Å². The summed E-state index contributed by atoms with van der Waals surface area (Å²) >= 11 is 0. The first kappa shape index (κ1) is 16.1. The van der Waals surface area contributed by atoms with Gasteiger partial charge in [0.25, 0.3) is 5.91 Å².